The summed E-state index contributed by atoms with van der Waals surface area (Å²) in [6.45, 7) is 1.23. The van der Waals surface area contributed by atoms with Crippen molar-refractivity contribution >= 4 is 34.4 Å². The molecule has 3 heterocycles. The summed E-state index contributed by atoms with van der Waals surface area (Å²) in [5, 5.41) is -0.0103. The molecule has 1 atom stereocenters. The first kappa shape index (κ1) is 32.0. The number of ether oxygens (including phenoxy) is 4. The second kappa shape index (κ2) is 13.7. The van der Waals surface area contributed by atoms with Crippen LogP contribution in [-0.2, 0) is 40.5 Å². The van der Waals surface area contributed by atoms with Gasteiger partial charge in [-0.1, -0.05) is 35.3 Å². The van der Waals surface area contributed by atoms with Crippen LogP contribution in [0.2, 0.25) is 10.0 Å². The molecule has 0 saturated carbocycles. The smallest absolute Gasteiger partial charge is 0.417 e. The van der Waals surface area contributed by atoms with Crippen LogP contribution >= 0.6 is 23.2 Å². The molecule has 0 N–H and O–H groups in total. The minimum absolute atomic E-state index is 0.00739. The molecule has 1 unspecified atom stereocenters. The molecule has 0 bridgehead atoms. The summed E-state index contributed by atoms with van der Waals surface area (Å²) in [6.07, 6.45) is -2.11. The number of nitrogens with zero attached hydrogens (tertiary/aromatic N) is 4. The number of fused-ring (bicyclic) bond motifs is 1. The predicted octanol–water partition coefficient (Wildman–Crippen LogP) is 5.62. The lowest BCUT2D eigenvalue weighted by Crippen LogP contribution is -2.40. The van der Waals surface area contributed by atoms with Gasteiger partial charge in [-0.05, 0) is 55.2 Å². The van der Waals surface area contributed by atoms with Gasteiger partial charge in [-0.2, -0.15) is 18.2 Å². The molecule has 2 aromatic heterocycles. The third kappa shape index (κ3) is 7.29. The third-order valence-corrected chi connectivity index (χ3v) is 7.61. The number of aromatic nitrogens is 4. The first-order valence-electron chi connectivity index (χ1n) is 13.8. The number of hydrogen-bond donors (Lipinski definition) is 0. The van der Waals surface area contributed by atoms with Crippen LogP contribution in [0.25, 0.3) is 11.2 Å². The van der Waals surface area contributed by atoms with E-state index in [0.717, 1.165) is 36.0 Å². The second-order valence-corrected chi connectivity index (χ2v) is 10.9. The highest BCUT2D eigenvalue weighted by Crippen LogP contribution is 2.38. The van der Waals surface area contributed by atoms with Crippen LogP contribution < -0.4 is 16.0 Å². The van der Waals surface area contributed by atoms with Gasteiger partial charge in [0.05, 0.1) is 43.5 Å². The number of halogens is 5. The van der Waals surface area contributed by atoms with Gasteiger partial charge in [-0.25, -0.2) is 4.79 Å². The summed E-state index contributed by atoms with van der Waals surface area (Å²) < 4.78 is 66.7. The quantitative estimate of drug-likeness (QED) is 0.193. The number of alkyl halides is 3. The van der Waals surface area contributed by atoms with E-state index >= 15 is 0 Å². The lowest BCUT2D eigenvalue weighted by atomic mass is 10.2. The van der Waals surface area contributed by atoms with Crippen molar-refractivity contribution in [2.24, 2.45) is 7.05 Å². The molecule has 1 fully saturated rings. The normalized spacial score (nSPS) is 15.6. The highest BCUT2D eigenvalue weighted by molar-refractivity contribution is 6.31. The van der Waals surface area contributed by atoms with E-state index in [9.17, 15) is 22.8 Å². The highest BCUT2D eigenvalue weighted by atomic mass is 35.5. The van der Waals surface area contributed by atoms with Gasteiger partial charge in [0.25, 0.3) is 5.56 Å². The van der Waals surface area contributed by atoms with Crippen LogP contribution in [0, 0.1) is 0 Å². The van der Waals surface area contributed by atoms with Crippen LogP contribution in [0.1, 0.15) is 30.4 Å². The van der Waals surface area contributed by atoms with Gasteiger partial charge >= 0.3 is 17.9 Å². The van der Waals surface area contributed by atoms with Crippen molar-refractivity contribution < 1.29 is 32.1 Å². The Labute approximate surface area is 259 Å². The Morgan fingerprint density at radius 2 is 1.80 bits per heavy atom. The summed E-state index contributed by atoms with van der Waals surface area (Å²) in [6, 6.07) is 9.60. The molecule has 4 aromatic rings. The van der Waals surface area contributed by atoms with E-state index in [2.05, 4.69) is 4.98 Å². The van der Waals surface area contributed by atoms with Crippen LogP contribution in [0.5, 0.6) is 11.8 Å². The zero-order valence-electron chi connectivity index (χ0n) is 23.6. The lowest BCUT2D eigenvalue weighted by molar-refractivity contribution is -0.169. The van der Waals surface area contributed by atoms with Gasteiger partial charge in [-0.3, -0.25) is 18.5 Å². The number of imidazole rings is 1. The van der Waals surface area contributed by atoms with Gasteiger partial charge in [-0.15, -0.1) is 0 Å². The molecule has 236 valence electrons. The molecular weight excluding hydrogens is 628 g/mol. The third-order valence-electron chi connectivity index (χ3n) is 7.03. The Balaban J connectivity index is 1.45. The molecule has 0 spiro atoms. The Morgan fingerprint density at radius 1 is 1.02 bits per heavy atom. The maximum atomic E-state index is 13.7. The van der Waals surface area contributed by atoms with Gasteiger partial charge in [0.1, 0.15) is 5.75 Å². The molecule has 0 aliphatic carbocycles. The minimum atomic E-state index is -4.73. The topological polar surface area (TPSA) is 98.7 Å². The Bertz CT molecular complexity index is 1730. The van der Waals surface area contributed by atoms with Crippen molar-refractivity contribution in [1.29, 1.82) is 0 Å². The van der Waals surface area contributed by atoms with Crippen LogP contribution in [0.4, 0.5) is 13.2 Å². The van der Waals surface area contributed by atoms with Crippen LogP contribution in [0.15, 0.2) is 52.1 Å². The number of hydrogen-bond acceptors (Lipinski definition) is 7. The summed E-state index contributed by atoms with van der Waals surface area (Å²) in [4.78, 5) is 31.3. The van der Waals surface area contributed by atoms with E-state index in [-0.39, 0.29) is 55.5 Å². The zero-order valence-corrected chi connectivity index (χ0v) is 25.1. The summed E-state index contributed by atoms with van der Waals surface area (Å²) in [5.74, 6) is -0.214. The summed E-state index contributed by atoms with van der Waals surface area (Å²) in [5.41, 5.74) is -1.71. The fourth-order valence-corrected chi connectivity index (χ4v) is 5.13. The molecule has 1 saturated heterocycles. The number of aryl methyl sites for hydroxylation is 1. The molecular formula is C29H29Cl2F3N4O6. The largest absolute Gasteiger partial charge is 0.425 e. The van der Waals surface area contributed by atoms with E-state index < -0.39 is 28.0 Å². The zero-order chi connectivity index (χ0) is 31.4. The van der Waals surface area contributed by atoms with Crippen molar-refractivity contribution in [2.75, 3.05) is 26.4 Å². The van der Waals surface area contributed by atoms with Gasteiger partial charge < -0.3 is 18.9 Å². The molecule has 0 amide bonds. The van der Waals surface area contributed by atoms with E-state index in [4.69, 9.17) is 42.1 Å². The lowest BCUT2D eigenvalue weighted by Gasteiger charge is -2.22. The minimum Gasteiger partial charge on any atom is -0.425 e. The van der Waals surface area contributed by atoms with E-state index in [1.54, 1.807) is 24.3 Å². The molecule has 15 heteroatoms. The van der Waals surface area contributed by atoms with E-state index in [1.165, 1.54) is 22.2 Å². The number of rotatable bonds is 11. The monoisotopic (exact) mass is 656 g/mol. The molecule has 10 nitrogen and oxygen atoms in total. The Hall–Kier alpha value is -3.36. The van der Waals surface area contributed by atoms with E-state index in [1.807, 2.05) is 0 Å². The first-order chi connectivity index (χ1) is 21.0. The molecule has 0 radical (unpaired) electrons. The van der Waals surface area contributed by atoms with Crippen molar-refractivity contribution in [3.63, 3.8) is 0 Å². The van der Waals surface area contributed by atoms with Crippen molar-refractivity contribution in [3.05, 3.63) is 84.5 Å². The molecule has 1 aliphatic rings. The van der Waals surface area contributed by atoms with Gasteiger partial charge in [0, 0.05) is 18.7 Å². The van der Waals surface area contributed by atoms with E-state index in [0.29, 0.717) is 23.8 Å². The predicted molar refractivity (Wildman–Crippen MR) is 157 cm³/mol. The standard InChI is InChI=1S/C29H29Cl2F3N4O6/c1-36-25-24(26(39)37(28(36)40)11-13-41-14-15-43-23-4-2-3-12-42-23)38(17-18-5-7-19(30)8-6-18)27(35-25)44-20-9-10-22(31)21(16-20)29(32,33)34/h5-10,16,23H,2-4,11-15,17H2,1H3. The van der Waals surface area contributed by atoms with Gasteiger partial charge in [0.2, 0.25) is 0 Å². The van der Waals surface area contributed by atoms with Gasteiger partial charge in [0.15, 0.2) is 17.5 Å². The van der Waals surface area contributed by atoms with Crippen molar-refractivity contribution in [1.82, 2.24) is 18.7 Å². The average Bonchev–Trinajstić information content (AvgIpc) is 3.35. The SMILES string of the molecule is Cn1c(=O)n(CCOCCOC2CCCCO2)c(=O)c2c1nc(Oc1ccc(Cl)c(C(F)(F)F)c1)n2Cc1ccc(Cl)cc1. The molecule has 1 aliphatic heterocycles. The summed E-state index contributed by atoms with van der Waals surface area (Å²) in [7, 11) is 1.44. The Morgan fingerprint density at radius 3 is 2.50 bits per heavy atom. The maximum Gasteiger partial charge on any atom is 0.417 e. The molecule has 2 aromatic carbocycles. The summed E-state index contributed by atoms with van der Waals surface area (Å²) >= 11 is 11.8. The molecule has 44 heavy (non-hydrogen) atoms. The fourth-order valence-electron chi connectivity index (χ4n) is 4.78. The van der Waals surface area contributed by atoms with Crippen LogP contribution in [0.3, 0.4) is 0 Å². The Kier molecular flexibility index (Phi) is 10.0. The fraction of sp³-hybridized carbons (Fsp3) is 0.414. The number of benzene rings is 2. The van der Waals surface area contributed by atoms with Crippen LogP contribution in [-0.4, -0.2) is 51.4 Å². The van der Waals surface area contributed by atoms with Crippen molar-refractivity contribution in [2.45, 2.75) is 44.8 Å². The average molecular weight is 657 g/mol. The second-order valence-electron chi connectivity index (χ2n) is 10.1. The highest BCUT2D eigenvalue weighted by Gasteiger charge is 2.34. The molecule has 5 rings (SSSR count). The van der Waals surface area contributed by atoms with Crippen molar-refractivity contribution in [3.8, 4) is 11.8 Å². The first-order valence-corrected chi connectivity index (χ1v) is 14.6. The maximum absolute atomic E-state index is 13.7.